The van der Waals surface area contributed by atoms with Gasteiger partial charge in [0.25, 0.3) is 0 Å². The summed E-state index contributed by atoms with van der Waals surface area (Å²) in [7, 11) is 0. The number of carbonyl (C=O) groups excluding carboxylic acids is 1. The van der Waals surface area contributed by atoms with Crippen LogP contribution >= 0.6 is 0 Å². The number of benzene rings is 2. The average molecular weight is 325 g/mol. The lowest BCUT2D eigenvalue weighted by Crippen LogP contribution is -2.23. The van der Waals surface area contributed by atoms with Crippen LogP contribution in [0.4, 0.5) is 4.39 Å². The Hall–Kier alpha value is -3.15. The second-order valence-corrected chi connectivity index (χ2v) is 5.49. The van der Waals surface area contributed by atoms with Crippen molar-refractivity contribution in [2.24, 2.45) is 0 Å². The third kappa shape index (κ3) is 3.43. The van der Waals surface area contributed by atoms with E-state index < -0.39 is 0 Å². The summed E-state index contributed by atoms with van der Waals surface area (Å²) >= 11 is 0. The minimum absolute atomic E-state index is 0.269. The first kappa shape index (κ1) is 15.7. The van der Waals surface area contributed by atoms with Gasteiger partial charge in [0.05, 0.1) is 11.0 Å². The van der Waals surface area contributed by atoms with Gasteiger partial charge in [-0.2, -0.15) is 0 Å². The number of amides is 1. The maximum Gasteiger partial charge on any atom is 0.323 e. The quantitative estimate of drug-likeness (QED) is 0.645. The first-order chi connectivity index (χ1) is 11.5. The van der Waals surface area contributed by atoms with Crippen molar-refractivity contribution in [3.63, 3.8) is 0 Å². The van der Waals surface area contributed by atoms with E-state index in [2.05, 4.69) is 15.3 Å². The minimum Gasteiger partial charge on any atom is -0.348 e. The van der Waals surface area contributed by atoms with E-state index in [0.717, 1.165) is 5.56 Å². The molecule has 1 aromatic heterocycles. The topological polar surface area (TPSA) is 77.8 Å². The Labute approximate surface area is 137 Å². The van der Waals surface area contributed by atoms with Crippen molar-refractivity contribution in [3.8, 4) is 0 Å². The molecule has 0 radical (unpaired) electrons. The monoisotopic (exact) mass is 325 g/mol. The summed E-state index contributed by atoms with van der Waals surface area (Å²) in [5.74, 6) is -0.646. The van der Waals surface area contributed by atoms with Crippen molar-refractivity contribution in [1.82, 2.24) is 15.3 Å². The highest BCUT2D eigenvalue weighted by Gasteiger charge is 2.07. The number of hydrogen-bond acceptors (Lipinski definition) is 2. The van der Waals surface area contributed by atoms with E-state index in [0.29, 0.717) is 28.7 Å². The van der Waals surface area contributed by atoms with Gasteiger partial charge in [-0.05, 0) is 36.8 Å². The number of rotatable bonds is 4. The molecule has 1 amide bonds. The second kappa shape index (κ2) is 6.54. The van der Waals surface area contributed by atoms with Crippen molar-refractivity contribution < 1.29 is 9.18 Å². The van der Waals surface area contributed by atoms with Gasteiger partial charge in [0.15, 0.2) is 0 Å². The van der Waals surface area contributed by atoms with Gasteiger partial charge < -0.3 is 15.3 Å². The second-order valence-electron chi connectivity index (χ2n) is 5.49. The van der Waals surface area contributed by atoms with Crippen molar-refractivity contribution in [2.75, 3.05) is 0 Å². The number of imidazole rings is 1. The lowest BCUT2D eigenvalue weighted by Gasteiger charge is -2.06. The van der Waals surface area contributed by atoms with E-state index in [1.54, 1.807) is 37.3 Å². The Morgan fingerprint density at radius 2 is 1.92 bits per heavy atom. The van der Waals surface area contributed by atoms with Crippen molar-refractivity contribution in [2.45, 2.75) is 13.5 Å². The zero-order valence-electron chi connectivity index (χ0n) is 13.0. The predicted molar refractivity (Wildman–Crippen MR) is 90.8 cm³/mol. The maximum absolute atomic E-state index is 13.6. The lowest BCUT2D eigenvalue weighted by atomic mass is 10.1. The van der Waals surface area contributed by atoms with Crippen LogP contribution in [0.25, 0.3) is 17.1 Å². The lowest BCUT2D eigenvalue weighted by molar-refractivity contribution is -0.117. The van der Waals surface area contributed by atoms with E-state index in [1.807, 2.05) is 6.07 Å². The van der Waals surface area contributed by atoms with Crippen molar-refractivity contribution in [3.05, 3.63) is 75.5 Å². The third-order valence-corrected chi connectivity index (χ3v) is 3.67. The molecule has 0 bridgehead atoms. The molecule has 0 aliphatic rings. The molecule has 0 saturated heterocycles. The molecular weight excluding hydrogens is 309 g/mol. The Morgan fingerprint density at radius 3 is 2.71 bits per heavy atom. The molecular formula is C18H16FN3O2. The number of aromatic nitrogens is 2. The SMILES string of the molecule is C/C(=C\c1ccccc1F)C(=O)NCc1ccc2[nH]c(=O)[nH]c2c1. The van der Waals surface area contributed by atoms with Crippen molar-refractivity contribution >= 4 is 23.0 Å². The number of aromatic amines is 2. The summed E-state index contributed by atoms with van der Waals surface area (Å²) in [5.41, 5.74) is 2.77. The third-order valence-electron chi connectivity index (χ3n) is 3.67. The number of halogens is 1. The smallest absolute Gasteiger partial charge is 0.323 e. The highest BCUT2D eigenvalue weighted by molar-refractivity contribution is 5.97. The molecule has 1 heterocycles. The van der Waals surface area contributed by atoms with Gasteiger partial charge in [-0.25, -0.2) is 9.18 Å². The molecule has 3 N–H and O–H groups in total. The molecule has 0 saturated carbocycles. The first-order valence-electron chi connectivity index (χ1n) is 7.45. The van der Waals surface area contributed by atoms with Crippen molar-refractivity contribution in [1.29, 1.82) is 0 Å². The summed E-state index contributed by atoms with van der Waals surface area (Å²) in [5, 5.41) is 2.78. The van der Waals surface area contributed by atoms with E-state index in [9.17, 15) is 14.0 Å². The molecule has 3 aromatic rings. The van der Waals surface area contributed by atoms with Crippen LogP contribution in [0.1, 0.15) is 18.1 Å². The van der Waals surface area contributed by atoms with Gasteiger partial charge in [-0.3, -0.25) is 4.79 Å². The molecule has 0 unspecified atom stereocenters. The average Bonchev–Trinajstić information content (AvgIpc) is 2.93. The Kier molecular flexibility index (Phi) is 4.29. The molecule has 0 aliphatic heterocycles. The number of fused-ring (bicyclic) bond motifs is 1. The summed E-state index contributed by atoms with van der Waals surface area (Å²) in [6.07, 6.45) is 1.51. The molecule has 6 heteroatoms. The zero-order valence-corrected chi connectivity index (χ0v) is 13.0. The van der Waals surface area contributed by atoms with Crippen LogP contribution in [0.5, 0.6) is 0 Å². The Morgan fingerprint density at radius 1 is 1.17 bits per heavy atom. The normalized spacial score (nSPS) is 11.7. The van der Waals surface area contributed by atoms with E-state index >= 15 is 0 Å². The fourth-order valence-corrected chi connectivity index (χ4v) is 2.40. The molecule has 0 aliphatic carbocycles. The van der Waals surface area contributed by atoms with Crippen LogP contribution in [0, 0.1) is 5.82 Å². The maximum atomic E-state index is 13.6. The van der Waals surface area contributed by atoms with Gasteiger partial charge in [-0.15, -0.1) is 0 Å². The standard InChI is InChI=1S/C18H16FN3O2/c1-11(8-13-4-2-3-5-14(13)19)17(23)20-10-12-6-7-15-16(9-12)22-18(24)21-15/h2-9H,10H2,1H3,(H,20,23)(H2,21,22,24)/b11-8+. The van der Waals surface area contributed by atoms with Crippen LogP contribution in [-0.2, 0) is 11.3 Å². The highest BCUT2D eigenvalue weighted by Crippen LogP contribution is 2.12. The van der Waals surface area contributed by atoms with E-state index in [4.69, 9.17) is 0 Å². The summed E-state index contributed by atoms with van der Waals surface area (Å²) < 4.78 is 13.6. The number of carbonyl (C=O) groups is 1. The fraction of sp³-hybridized carbons (Fsp3) is 0.111. The van der Waals surface area contributed by atoms with E-state index in [-0.39, 0.29) is 17.4 Å². The largest absolute Gasteiger partial charge is 0.348 e. The molecule has 0 fully saturated rings. The molecule has 2 aromatic carbocycles. The fourth-order valence-electron chi connectivity index (χ4n) is 2.40. The van der Waals surface area contributed by atoms with Gasteiger partial charge >= 0.3 is 5.69 Å². The Balaban J connectivity index is 1.69. The Bertz CT molecular complexity index is 985. The van der Waals surface area contributed by atoms with Crippen LogP contribution in [0.15, 0.2) is 52.8 Å². The van der Waals surface area contributed by atoms with Gasteiger partial charge in [0, 0.05) is 17.7 Å². The summed E-state index contributed by atoms with van der Waals surface area (Å²) in [6, 6.07) is 11.7. The van der Waals surface area contributed by atoms with E-state index in [1.165, 1.54) is 12.1 Å². The van der Waals surface area contributed by atoms with Gasteiger partial charge in [0.1, 0.15) is 5.82 Å². The molecule has 24 heavy (non-hydrogen) atoms. The van der Waals surface area contributed by atoms with Gasteiger partial charge in [-0.1, -0.05) is 24.3 Å². The van der Waals surface area contributed by atoms with Crippen LogP contribution in [-0.4, -0.2) is 15.9 Å². The zero-order chi connectivity index (χ0) is 17.1. The molecule has 122 valence electrons. The number of nitrogens with one attached hydrogen (secondary N) is 3. The molecule has 5 nitrogen and oxygen atoms in total. The molecule has 0 spiro atoms. The summed E-state index contributed by atoms with van der Waals surface area (Å²) in [4.78, 5) is 28.7. The summed E-state index contributed by atoms with van der Waals surface area (Å²) in [6.45, 7) is 1.94. The molecule has 0 atom stereocenters. The number of H-pyrrole nitrogens is 2. The predicted octanol–water partition coefficient (Wildman–Crippen LogP) is 2.71. The first-order valence-corrected chi connectivity index (χ1v) is 7.45. The van der Waals surface area contributed by atoms with Crippen LogP contribution in [0.2, 0.25) is 0 Å². The minimum atomic E-state index is -0.369. The van der Waals surface area contributed by atoms with Gasteiger partial charge in [0.2, 0.25) is 5.91 Å². The van der Waals surface area contributed by atoms with Crippen LogP contribution in [0.3, 0.4) is 0 Å². The molecule has 3 rings (SSSR count). The highest BCUT2D eigenvalue weighted by atomic mass is 19.1. The van der Waals surface area contributed by atoms with Crippen LogP contribution < -0.4 is 11.0 Å². The number of hydrogen-bond donors (Lipinski definition) is 3.